The van der Waals surface area contributed by atoms with E-state index >= 15 is 0 Å². The van der Waals surface area contributed by atoms with Crippen LogP contribution in [0.1, 0.15) is 42.9 Å². The maximum Gasteiger partial charge on any atom is 0.341 e. The first kappa shape index (κ1) is 22.3. The molecule has 0 aliphatic rings. The Morgan fingerprint density at radius 1 is 1.21 bits per heavy atom. The van der Waals surface area contributed by atoms with E-state index in [1.807, 2.05) is 0 Å². The lowest BCUT2D eigenvalue weighted by Gasteiger charge is -2.08. The molecule has 154 valence electrons. The highest BCUT2D eigenvalue weighted by Crippen LogP contribution is 2.33. The summed E-state index contributed by atoms with van der Waals surface area (Å²) in [6.07, 6.45) is 0. The van der Waals surface area contributed by atoms with E-state index < -0.39 is 41.7 Å². The first-order valence-electron chi connectivity index (χ1n) is 8.18. The van der Waals surface area contributed by atoms with Crippen LogP contribution >= 0.6 is 22.9 Å². The second-order valence-corrected chi connectivity index (χ2v) is 7.05. The third-order valence-corrected chi connectivity index (χ3v) is 5.05. The SMILES string of the molecule is CCOC(=O)c1c(NC(=O)COC(=O)c2ccc(Cl)cc2F)sc(C(N)=O)c1C. The van der Waals surface area contributed by atoms with E-state index in [1.165, 1.54) is 13.0 Å². The second-order valence-electron chi connectivity index (χ2n) is 5.59. The molecule has 0 radical (unpaired) electrons. The molecule has 1 heterocycles. The molecule has 3 N–H and O–H groups in total. The predicted octanol–water partition coefficient (Wildman–Crippen LogP) is 2.92. The molecule has 2 amide bonds. The molecule has 11 heteroatoms. The molecule has 2 rings (SSSR count). The number of ether oxygens (including phenoxy) is 2. The van der Waals surface area contributed by atoms with Crippen molar-refractivity contribution in [2.24, 2.45) is 5.73 Å². The van der Waals surface area contributed by atoms with Crippen LogP contribution in [0.4, 0.5) is 9.39 Å². The zero-order valence-corrected chi connectivity index (χ0v) is 16.9. The number of carbonyl (C=O) groups excluding carboxylic acids is 4. The Kier molecular flexibility index (Phi) is 7.29. The zero-order chi connectivity index (χ0) is 21.7. The minimum atomic E-state index is -1.07. The van der Waals surface area contributed by atoms with Crippen LogP contribution in [0.25, 0.3) is 0 Å². The minimum Gasteiger partial charge on any atom is -0.462 e. The fourth-order valence-electron chi connectivity index (χ4n) is 2.31. The average Bonchev–Trinajstić information content (AvgIpc) is 2.96. The molecular formula is C18H16ClFN2O6S. The lowest BCUT2D eigenvalue weighted by Crippen LogP contribution is -2.22. The monoisotopic (exact) mass is 442 g/mol. The third-order valence-electron chi connectivity index (χ3n) is 3.59. The Morgan fingerprint density at radius 3 is 2.48 bits per heavy atom. The Balaban J connectivity index is 2.13. The smallest absolute Gasteiger partial charge is 0.341 e. The van der Waals surface area contributed by atoms with Gasteiger partial charge in [0.1, 0.15) is 10.8 Å². The summed E-state index contributed by atoms with van der Waals surface area (Å²) in [6.45, 7) is 2.41. The maximum atomic E-state index is 13.7. The van der Waals surface area contributed by atoms with E-state index in [0.29, 0.717) is 0 Å². The maximum absolute atomic E-state index is 13.7. The number of hydrogen-bond acceptors (Lipinski definition) is 7. The molecule has 29 heavy (non-hydrogen) atoms. The van der Waals surface area contributed by atoms with Gasteiger partial charge in [0.2, 0.25) is 0 Å². The van der Waals surface area contributed by atoms with Crippen LogP contribution in [0.5, 0.6) is 0 Å². The molecule has 0 saturated heterocycles. The fourth-order valence-corrected chi connectivity index (χ4v) is 3.53. The highest BCUT2D eigenvalue weighted by Gasteiger charge is 2.26. The second kappa shape index (κ2) is 9.48. The summed E-state index contributed by atoms with van der Waals surface area (Å²) in [4.78, 5) is 47.8. The molecule has 0 aliphatic heterocycles. The van der Waals surface area contributed by atoms with Crippen molar-refractivity contribution in [3.05, 3.63) is 50.6 Å². The molecule has 0 fully saturated rings. The van der Waals surface area contributed by atoms with Gasteiger partial charge < -0.3 is 20.5 Å². The Morgan fingerprint density at radius 2 is 1.90 bits per heavy atom. The third kappa shape index (κ3) is 5.30. The van der Waals surface area contributed by atoms with Crippen molar-refractivity contribution < 1.29 is 33.0 Å². The zero-order valence-electron chi connectivity index (χ0n) is 15.3. The summed E-state index contributed by atoms with van der Waals surface area (Å²) in [6, 6.07) is 3.36. The van der Waals surface area contributed by atoms with Gasteiger partial charge in [-0.1, -0.05) is 11.6 Å². The number of benzene rings is 1. The van der Waals surface area contributed by atoms with Gasteiger partial charge in [0, 0.05) is 5.02 Å². The van der Waals surface area contributed by atoms with Crippen LogP contribution in [0.2, 0.25) is 5.02 Å². The molecule has 0 spiro atoms. The van der Waals surface area contributed by atoms with Gasteiger partial charge in [-0.15, -0.1) is 11.3 Å². The summed E-state index contributed by atoms with van der Waals surface area (Å²) in [5.41, 5.74) is 5.13. The minimum absolute atomic E-state index is 0.0194. The average molecular weight is 443 g/mol. The summed E-state index contributed by atoms with van der Waals surface area (Å²) in [7, 11) is 0. The number of primary amides is 1. The van der Waals surface area contributed by atoms with Crippen LogP contribution < -0.4 is 11.1 Å². The first-order chi connectivity index (χ1) is 13.6. The lowest BCUT2D eigenvalue weighted by atomic mass is 10.1. The van der Waals surface area contributed by atoms with E-state index in [2.05, 4.69) is 5.32 Å². The van der Waals surface area contributed by atoms with Crippen molar-refractivity contribution in [1.29, 1.82) is 0 Å². The number of halogens is 2. The Bertz CT molecular complexity index is 991. The molecule has 0 atom stereocenters. The van der Waals surface area contributed by atoms with E-state index in [9.17, 15) is 23.6 Å². The highest BCUT2D eigenvalue weighted by atomic mass is 35.5. The van der Waals surface area contributed by atoms with Crippen molar-refractivity contribution in [3.63, 3.8) is 0 Å². The summed E-state index contributed by atoms with van der Waals surface area (Å²) in [5.74, 6) is -4.30. The standard InChI is InChI=1S/C18H16ClFN2O6S/c1-3-27-18(26)13-8(2)14(15(21)24)29-16(13)22-12(23)7-28-17(25)10-5-4-9(19)6-11(10)20/h4-6H,3,7H2,1-2H3,(H2,21,24)(H,22,23). The molecule has 0 unspecified atom stereocenters. The number of hydrogen-bond donors (Lipinski definition) is 2. The topological polar surface area (TPSA) is 125 Å². The number of amides is 2. The summed E-state index contributed by atoms with van der Waals surface area (Å²) < 4.78 is 23.4. The van der Waals surface area contributed by atoms with Crippen LogP contribution in [0.3, 0.4) is 0 Å². The van der Waals surface area contributed by atoms with Crippen LogP contribution in [0, 0.1) is 12.7 Å². The number of anilines is 1. The number of nitrogens with two attached hydrogens (primary N) is 1. The largest absolute Gasteiger partial charge is 0.462 e. The Hall–Kier alpha value is -2.98. The van der Waals surface area contributed by atoms with Gasteiger partial charge in [0.25, 0.3) is 11.8 Å². The number of thiophene rings is 1. The fraction of sp³-hybridized carbons (Fsp3) is 0.222. The molecule has 0 saturated carbocycles. The Labute approximate surface area is 173 Å². The van der Waals surface area contributed by atoms with E-state index in [0.717, 1.165) is 23.5 Å². The first-order valence-corrected chi connectivity index (χ1v) is 9.37. The van der Waals surface area contributed by atoms with E-state index in [-0.39, 0.29) is 32.6 Å². The van der Waals surface area contributed by atoms with Gasteiger partial charge in [-0.3, -0.25) is 9.59 Å². The van der Waals surface area contributed by atoms with Gasteiger partial charge in [0.15, 0.2) is 6.61 Å². The molecule has 1 aromatic heterocycles. The normalized spacial score (nSPS) is 10.3. The molecular weight excluding hydrogens is 427 g/mol. The van der Waals surface area contributed by atoms with Gasteiger partial charge in [0.05, 0.1) is 22.6 Å². The molecule has 2 aromatic rings. The van der Waals surface area contributed by atoms with Crippen molar-refractivity contribution in [3.8, 4) is 0 Å². The van der Waals surface area contributed by atoms with Gasteiger partial charge in [-0.05, 0) is 37.6 Å². The number of nitrogens with one attached hydrogen (secondary N) is 1. The van der Waals surface area contributed by atoms with Crippen LogP contribution in [-0.2, 0) is 14.3 Å². The molecule has 0 bridgehead atoms. The number of esters is 2. The van der Waals surface area contributed by atoms with Gasteiger partial charge in [-0.2, -0.15) is 0 Å². The number of rotatable bonds is 7. The van der Waals surface area contributed by atoms with Crippen molar-refractivity contribution in [2.45, 2.75) is 13.8 Å². The molecule has 1 aromatic carbocycles. The molecule has 0 aliphatic carbocycles. The van der Waals surface area contributed by atoms with Crippen molar-refractivity contribution >= 4 is 51.7 Å². The van der Waals surface area contributed by atoms with E-state index in [1.54, 1.807) is 6.92 Å². The highest BCUT2D eigenvalue weighted by molar-refractivity contribution is 7.18. The summed E-state index contributed by atoms with van der Waals surface area (Å²) in [5, 5.41) is 2.50. The van der Waals surface area contributed by atoms with Gasteiger partial charge in [-0.25, -0.2) is 14.0 Å². The summed E-state index contributed by atoms with van der Waals surface area (Å²) >= 11 is 6.40. The van der Waals surface area contributed by atoms with Crippen molar-refractivity contribution in [2.75, 3.05) is 18.5 Å². The van der Waals surface area contributed by atoms with E-state index in [4.69, 9.17) is 26.8 Å². The van der Waals surface area contributed by atoms with Crippen LogP contribution in [-0.4, -0.2) is 37.0 Å². The van der Waals surface area contributed by atoms with Crippen LogP contribution in [0.15, 0.2) is 18.2 Å². The van der Waals surface area contributed by atoms with Gasteiger partial charge >= 0.3 is 11.9 Å². The molecule has 8 nitrogen and oxygen atoms in total. The predicted molar refractivity (Wildman–Crippen MR) is 104 cm³/mol. The lowest BCUT2D eigenvalue weighted by molar-refractivity contribution is -0.119. The quantitative estimate of drug-likeness (QED) is 0.635. The number of carbonyl (C=O) groups is 4. The van der Waals surface area contributed by atoms with Crippen molar-refractivity contribution in [1.82, 2.24) is 0 Å².